The first-order valence-corrected chi connectivity index (χ1v) is 5.69. The number of aromatic nitrogens is 1. The first-order valence-electron chi connectivity index (χ1n) is 4.81. The smallest absolute Gasteiger partial charge is 0.194 e. The van der Waals surface area contributed by atoms with Crippen LogP contribution in [0.25, 0.3) is 0 Å². The van der Waals surface area contributed by atoms with E-state index in [9.17, 15) is 13.2 Å². The highest BCUT2D eigenvalue weighted by molar-refractivity contribution is 7.09. The molecule has 0 aliphatic carbocycles. The highest BCUT2D eigenvalue weighted by atomic mass is 32.1. The van der Waals surface area contributed by atoms with E-state index in [1.165, 1.54) is 11.3 Å². The minimum Gasteiger partial charge on any atom is -0.318 e. The molecule has 1 heterocycles. The third-order valence-electron chi connectivity index (χ3n) is 2.27. The van der Waals surface area contributed by atoms with E-state index in [-0.39, 0.29) is 5.56 Å². The predicted molar refractivity (Wildman–Crippen MR) is 59.2 cm³/mol. The maximum atomic E-state index is 13.0. The normalized spacial score (nSPS) is 12.8. The molecule has 2 nitrogen and oxygen atoms in total. The van der Waals surface area contributed by atoms with Gasteiger partial charge in [0.05, 0.1) is 6.04 Å². The summed E-state index contributed by atoms with van der Waals surface area (Å²) in [5.74, 6) is -3.98. The fourth-order valence-electron chi connectivity index (χ4n) is 1.41. The Kier molecular flexibility index (Phi) is 3.17. The van der Waals surface area contributed by atoms with Gasteiger partial charge in [-0.1, -0.05) is 0 Å². The van der Waals surface area contributed by atoms with Gasteiger partial charge in [0.15, 0.2) is 17.5 Å². The van der Waals surface area contributed by atoms with Gasteiger partial charge in [0, 0.05) is 11.1 Å². The Morgan fingerprint density at radius 2 is 1.82 bits per heavy atom. The lowest BCUT2D eigenvalue weighted by Gasteiger charge is -2.09. The van der Waals surface area contributed by atoms with Crippen LogP contribution >= 0.6 is 11.3 Å². The number of halogens is 3. The van der Waals surface area contributed by atoms with Crippen LogP contribution < -0.4 is 5.73 Å². The molecule has 17 heavy (non-hydrogen) atoms. The van der Waals surface area contributed by atoms with Crippen LogP contribution in [0.3, 0.4) is 0 Å². The summed E-state index contributed by atoms with van der Waals surface area (Å²) >= 11 is 1.29. The van der Waals surface area contributed by atoms with Crippen LogP contribution in [0, 0.1) is 24.4 Å². The Labute approximate surface area is 99.9 Å². The van der Waals surface area contributed by atoms with Gasteiger partial charge in [-0.05, 0) is 24.6 Å². The second-order valence-corrected chi connectivity index (χ2v) is 4.49. The van der Waals surface area contributed by atoms with Gasteiger partial charge < -0.3 is 5.73 Å². The van der Waals surface area contributed by atoms with E-state index in [2.05, 4.69) is 4.98 Å². The zero-order valence-corrected chi connectivity index (χ0v) is 9.69. The molecule has 0 bridgehead atoms. The van der Waals surface area contributed by atoms with Crippen molar-refractivity contribution in [2.24, 2.45) is 5.73 Å². The quantitative estimate of drug-likeness (QED) is 0.841. The second kappa shape index (κ2) is 4.46. The van der Waals surface area contributed by atoms with Crippen molar-refractivity contribution in [3.05, 3.63) is 51.2 Å². The number of thiazole rings is 1. The molecule has 2 N–H and O–H groups in total. The molecule has 2 rings (SSSR count). The van der Waals surface area contributed by atoms with Crippen LogP contribution in [0.1, 0.15) is 22.3 Å². The van der Waals surface area contributed by atoms with Crippen LogP contribution in [-0.4, -0.2) is 4.98 Å². The molecular formula is C11H9F3N2S. The van der Waals surface area contributed by atoms with Crippen molar-refractivity contribution in [3.8, 4) is 0 Å². The zero-order valence-electron chi connectivity index (χ0n) is 8.88. The van der Waals surface area contributed by atoms with E-state index in [1.54, 1.807) is 12.3 Å². The van der Waals surface area contributed by atoms with E-state index in [4.69, 9.17) is 5.73 Å². The van der Waals surface area contributed by atoms with E-state index in [0.29, 0.717) is 5.01 Å². The van der Waals surface area contributed by atoms with Gasteiger partial charge in [0.2, 0.25) is 0 Å². The molecule has 1 unspecified atom stereocenters. The maximum absolute atomic E-state index is 13.0. The van der Waals surface area contributed by atoms with Crippen molar-refractivity contribution in [1.82, 2.24) is 4.98 Å². The minimum absolute atomic E-state index is 0.163. The first-order chi connectivity index (χ1) is 7.99. The molecule has 0 fully saturated rings. The number of aryl methyl sites for hydroxylation is 1. The Balaban J connectivity index is 2.41. The van der Waals surface area contributed by atoms with E-state index >= 15 is 0 Å². The van der Waals surface area contributed by atoms with Crippen molar-refractivity contribution in [3.63, 3.8) is 0 Å². The number of benzene rings is 1. The van der Waals surface area contributed by atoms with Gasteiger partial charge in [-0.25, -0.2) is 18.2 Å². The molecule has 1 aromatic carbocycles. The monoisotopic (exact) mass is 258 g/mol. The molecule has 0 saturated heterocycles. The van der Waals surface area contributed by atoms with Crippen LogP contribution in [0.4, 0.5) is 13.2 Å². The molecule has 0 radical (unpaired) electrons. The van der Waals surface area contributed by atoms with Gasteiger partial charge in [-0.15, -0.1) is 11.3 Å². The summed E-state index contributed by atoms with van der Waals surface area (Å²) in [5.41, 5.74) is 6.75. The number of hydrogen-bond donors (Lipinski definition) is 1. The maximum Gasteiger partial charge on any atom is 0.194 e. The molecular weight excluding hydrogens is 249 g/mol. The van der Waals surface area contributed by atoms with Crippen LogP contribution in [0.15, 0.2) is 17.5 Å². The van der Waals surface area contributed by atoms with E-state index in [0.717, 1.165) is 17.8 Å². The molecule has 1 aromatic heterocycles. The summed E-state index contributed by atoms with van der Waals surface area (Å²) in [7, 11) is 0. The van der Waals surface area contributed by atoms with Gasteiger partial charge in [0.25, 0.3) is 0 Å². The van der Waals surface area contributed by atoms with Gasteiger partial charge >= 0.3 is 0 Å². The van der Waals surface area contributed by atoms with Crippen molar-refractivity contribution in [2.45, 2.75) is 13.0 Å². The van der Waals surface area contributed by atoms with Crippen LogP contribution in [-0.2, 0) is 0 Å². The largest absolute Gasteiger partial charge is 0.318 e. The summed E-state index contributed by atoms with van der Waals surface area (Å²) in [5, 5.41) is 2.32. The van der Waals surface area contributed by atoms with Gasteiger partial charge in [-0.2, -0.15) is 0 Å². The molecule has 0 aliphatic rings. The summed E-state index contributed by atoms with van der Waals surface area (Å²) < 4.78 is 38.8. The van der Waals surface area contributed by atoms with Crippen molar-refractivity contribution >= 4 is 11.3 Å². The Bertz CT molecular complexity index is 530. The Morgan fingerprint density at radius 3 is 2.29 bits per heavy atom. The van der Waals surface area contributed by atoms with Crippen LogP contribution in [0.5, 0.6) is 0 Å². The third-order valence-corrected chi connectivity index (χ3v) is 3.31. The molecule has 0 saturated carbocycles. The number of nitrogens with zero attached hydrogens (tertiary/aromatic N) is 1. The number of rotatable bonds is 2. The molecule has 6 heteroatoms. The van der Waals surface area contributed by atoms with Crippen molar-refractivity contribution in [1.29, 1.82) is 0 Å². The fraction of sp³-hybridized carbons (Fsp3) is 0.182. The molecule has 0 amide bonds. The molecule has 0 spiro atoms. The van der Waals surface area contributed by atoms with Gasteiger partial charge in [0.1, 0.15) is 5.01 Å². The highest BCUT2D eigenvalue weighted by Gasteiger charge is 2.17. The highest BCUT2D eigenvalue weighted by Crippen LogP contribution is 2.25. The lowest BCUT2D eigenvalue weighted by molar-refractivity contribution is 0.444. The Hall–Kier alpha value is -1.40. The van der Waals surface area contributed by atoms with Gasteiger partial charge in [-0.3, -0.25) is 0 Å². The van der Waals surface area contributed by atoms with Crippen molar-refractivity contribution in [2.75, 3.05) is 0 Å². The molecule has 0 aliphatic heterocycles. The average Bonchev–Trinajstić information content (AvgIpc) is 2.71. The van der Waals surface area contributed by atoms with E-state index < -0.39 is 23.5 Å². The zero-order chi connectivity index (χ0) is 12.6. The topological polar surface area (TPSA) is 38.9 Å². The van der Waals surface area contributed by atoms with E-state index in [1.807, 2.05) is 0 Å². The van der Waals surface area contributed by atoms with Crippen LogP contribution in [0.2, 0.25) is 0 Å². The first kappa shape index (κ1) is 12.1. The second-order valence-electron chi connectivity index (χ2n) is 3.60. The molecule has 2 aromatic rings. The fourth-order valence-corrected chi connectivity index (χ4v) is 2.24. The summed E-state index contributed by atoms with van der Waals surface area (Å²) in [6.07, 6.45) is 0. The average molecular weight is 258 g/mol. The number of hydrogen-bond acceptors (Lipinski definition) is 3. The SMILES string of the molecule is Cc1csc(C(N)c2cc(F)c(F)c(F)c2)n1. The number of nitrogens with two attached hydrogens (primary N) is 1. The van der Waals surface area contributed by atoms with Crippen molar-refractivity contribution < 1.29 is 13.2 Å². The lowest BCUT2D eigenvalue weighted by Crippen LogP contribution is -2.13. The third kappa shape index (κ3) is 2.32. The summed E-state index contributed by atoms with van der Waals surface area (Å²) in [4.78, 5) is 4.12. The summed E-state index contributed by atoms with van der Waals surface area (Å²) in [6, 6.07) is 1.03. The summed E-state index contributed by atoms with van der Waals surface area (Å²) in [6.45, 7) is 1.79. The lowest BCUT2D eigenvalue weighted by atomic mass is 10.1. The minimum atomic E-state index is -1.49. The molecule has 90 valence electrons. The Morgan fingerprint density at radius 1 is 1.24 bits per heavy atom. The standard InChI is InChI=1S/C11H9F3N2S/c1-5-4-17-11(16-5)10(15)6-2-7(12)9(14)8(13)3-6/h2-4,10H,15H2,1H3. The molecule has 1 atom stereocenters. The predicted octanol–water partition coefficient (Wildman–Crippen LogP) is 2.92.